The van der Waals surface area contributed by atoms with Crippen molar-refractivity contribution in [3.8, 4) is 0 Å². The Morgan fingerprint density at radius 3 is 2.59 bits per heavy atom. The Morgan fingerprint density at radius 1 is 1.15 bits per heavy atom. The minimum absolute atomic E-state index is 0.303. The van der Waals surface area contributed by atoms with E-state index in [2.05, 4.69) is 4.99 Å². The molecule has 2 aromatic carbocycles. The fourth-order valence-electron chi connectivity index (χ4n) is 2.68. The maximum atomic E-state index is 12.4. The quantitative estimate of drug-likeness (QED) is 0.497. The molecule has 0 saturated heterocycles. The van der Waals surface area contributed by atoms with Crippen LogP contribution in [0.25, 0.3) is 16.3 Å². The van der Waals surface area contributed by atoms with Crippen molar-refractivity contribution in [2.75, 3.05) is 6.61 Å². The van der Waals surface area contributed by atoms with Gasteiger partial charge in [0.2, 0.25) is 0 Å². The second-order valence-electron chi connectivity index (χ2n) is 5.84. The molecule has 0 saturated carbocycles. The van der Waals surface area contributed by atoms with Crippen LogP contribution in [0.3, 0.4) is 0 Å². The normalized spacial score (nSPS) is 13.2. The van der Waals surface area contributed by atoms with Gasteiger partial charge in [0.15, 0.2) is 4.80 Å². The largest absolute Gasteiger partial charge is 0.464 e. The van der Waals surface area contributed by atoms with Gasteiger partial charge in [-0.3, -0.25) is 4.79 Å². The molecule has 0 bridgehead atoms. The van der Waals surface area contributed by atoms with Crippen LogP contribution in [-0.2, 0) is 14.3 Å². The molecular formula is C21H20N2O3S. The molecule has 0 fully saturated rings. The van der Waals surface area contributed by atoms with Crippen LogP contribution in [-0.4, -0.2) is 23.1 Å². The highest BCUT2D eigenvalue weighted by atomic mass is 32.1. The fraction of sp³-hybridized carbons (Fsp3) is 0.190. The van der Waals surface area contributed by atoms with Crippen LogP contribution in [0.4, 0.5) is 0 Å². The Balaban J connectivity index is 2.01. The number of carbonyl (C=O) groups is 2. The van der Waals surface area contributed by atoms with E-state index in [0.717, 1.165) is 15.8 Å². The topological polar surface area (TPSA) is 60.7 Å². The number of hydrogen-bond acceptors (Lipinski definition) is 4. The number of fused-ring (bicyclic) bond motifs is 1. The summed E-state index contributed by atoms with van der Waals surface area (Å²) in [6.45, 7) is 3.82. The molecule has 5 nitrogen and oxygen atoms in total. The molecular weight excluding hydrogens is 360 g/mol. The molecule has 0 aliphatic heterocycles. The molecule has 1 unspecified atom stereocenters. The Morgan fingerprint density at radius 2 is 1.85 bits per heavy atom. The Labute approximate surface area is 161 Å². The zero-order chi connectivity index (χ0) is 19.2. The molecule has 0 radical (unpaired) electrons. The summed E-state index contributed by atoms with van der Waals surface area (Å²) in [5.41, 5.74) is 1.77. The van der Waals surface area contributed by atoms with Crippen molar-refractivity contribution in [1.82, 2.24) is 4.57 Å². The second kappa shape index (κ2) is 8.60. The lowest BCUT2D eigenvalue weighted by Gasteiger charge is -2.13. The molecule has 6 heteroatoms. The molecule has 3 rings (SSSR count). The number of thiazole rings is 1. The molecule has 1 amide bonds. The van der Waals surface area contributed by atoms with Crippen molar-refractivity contribution in [2.24, 2.45) is 4.99 Å². The first-order chi connectivity index (χ1) is 13.1. The molecule has 1 heterocycles. The average Bonchev–Trinajstić information content (AvgIpc) is 3.04. The monoisotopic (exact) mass is 380 g/mol. The minimum atomic E-state index is -0.578. The zero-order valence-electron chi connectivity index (χ0n) is 15.2. The number of carbonyl (C=O) groups excluding carboxylic acids is 2. The highest BCUT2D eigenvalue weighted by Gasteiger charge is 2.20. The second-order valence-corrected chi connectivity index (χ2v) is 6.85. The van der Waals surface area contributed by atoms with E-state index in [-0.39, 0.29) is 11.9 Å². The lowest BCUT2D eigenvalue weighted by Crippen LogP contribution is -2.27. The summed E-state index contributed by atoms with van der Waals surface area (Å²) in [7, 11) is 0. The van der Waals surface area contributed by atoms with Gasteiger partial charge in [-0.1, -0.05) is 53.8 Å². The van der Waals surface area contributed by atoms with Gasteiger partial charge in [-0.15, -0.1) is 0 Å². The van der Waals surface area contributed by atoms with Crippen molar-refractivity contribution in [2.45, 2.75) is 19.9 Å². The van der Waals surface area contributed by atoms with Gasteiger partial charge in [0.25, 0.3) is 5.91 Å². The highest BCUT2D eigenvalue weighted by molar-refractivity contribution is 7.16. The zero-order valence-corrected chi connectivity index (χ0v) is 16.0. The number of para-hydroxylation sites is 1. The van der Waals surface area contributed by atoms with Crippen molar-refractivity contribution < 1.29 is 14.3 Å². The molecule has 1 atom stereocenters. The molecule has 0 aliphatic rings. The van der Waals surface area contributed by atoms with E-state index in [9.17, 15) is 9.59 Å². The van der Waals surface area contributed by atoms with Crippen LogP contribution in [0.1, 0.15) is 25.5 Å². The van der Waals surface area contributed by atoms with Crippen LogP contribution in [0, 0.1) is 0 Å². The number of nitrogens with zero attached hydrogens (tertiary/aromatic N) is 2. The molecule has 0 aliphatic carbocycles. The number of ether oxygens (including phenoxy) is 1. The fourth-order valence-corrected chi connectivity index (χ4v) is 3.78. The van der Waals surface area contributed by atoms with Crippen LogP contribution in [0.2, 0.25) is 0 Å². The number of benzene rings is 2. The van der Waals surface area contributed by atoms with Gasteiger partial charge in [0, 0.05) is 6.08 Å². The average molecular weight is 380 g/mol. The molecule has 0 spiro atoms. The number of aromatic nitrogens is 1. The molecule has 27 heavy (non-hydrogen) atoms. The minimum Gasteiger partial charge on any atom is -0.464 e. The highest BCUT2D eigenvalue weighted by Crippen LogP contribution is 2.21. The molecule has 0 N–H and O–H groups in total. The number of hydrogen-bond donors (Lipinski definition) is 0. The van der Waals surface area contributed by atoms with E-state index in [4.69, 9.17) is 4.74 Å². The third-order valence-electron chi connectivity index (χ3n) is 3.97. The van der Waals surface area contributed by atoms with Crippen LogP contribution >= 0.6 is 11.3 Å². The smallest absolute Gasteiger partial charge is 0.328 e. The number of esters is 1. The summed E-state index contributed by atoms with van der Waals surface area (Å²) < 4.78 is 7.85. The maximum Gasteiger partial charge on any atom is 0.328 e. The standard InChI is InChI=1S/C21H20N2O3S/c1-3-26-20(25)15(2)23-17-11-7-8-12-18(17)27-21(23)22-19(24)14-13-16-9-5-4-6-10-16/h4-15H,3H2,1-2H3/b14-13+,22-21-. The molecule has 1 aromatic heterocycles. The first-order valence-electron chi connectivity index (χ1n) is 8.68. The lowest BCUT2D eigenvalue weighted by atomic mass is 10.2. The number of amides is 1. The summed E-state index contributed by atoms with van der Waals surface area (Å²) >= 11 is 1.37. The van der Waals surface area contributed by atoms with Crippen LogP contribution in [0.5, 0.6) is 0 Å². The van der Waals surface area contributed by atoms with E-state index >= 15 is 0 Å². The number of rotatable bonds is 5. The first-order valence-corrected chi connectivity index (χ1v) is 9.50. The van der Waals surface area contributed by atoms with Crippen molar-refractivity contribution >= 4 is 39.5 Å². The van der Waals surface area contributed by atoms with Gasteiger partial charge in [-0.2, -0.15) is 4.99 Å². The maximum absolute atomic E-state index is 12.4. The molecule has 3 aromatic rings. The molecule has 138 valence electrons. The Bertz CT molecular complexity index is 1050. The summed E-state index contributed by atoms with van der Waals surface area (Å²) in [5.74, 6) is -0.731. The SMILES string of the molecule is CCOC(=O)C(C)n1/c(=N/C(=O)/C=C/c2ccccc2)sc2ccccc21. The van der Waals surface area contributed by atoms with E-state index in [1.165, 1.54) is 17.4 Å². The van der Waals surface area contributed by atoms with Crippen molar-refractivity contribution in [3.05, 3.63) is 71.0 Å². The van der Waals surface area contributed by atoms with Gasteiger partial charge >= 0.3 is 5.97 Å². The van der Waals surface area contributed by atoms with Gasteiger partial charge in [-0.05, 0) is 37.6 Å². The summed E-state index contributed by atoms with van der Waals surface area (Å²) in [4.78, 5) is 29.3. The lowest BCUT2D eigenvalue weighted by molar-refractivity contribution is -0.146. The van der Waals surface area contributed by atoms with E-state index < -0.39 is 6.04 Å². The third-order valence-corrected chi connectivity index (χ3v) is 5.01. The van der Waals surface area contributed by atoms with E-state index in [0.29, 0.717) is 11.4 Å². The van der Waals surface area contributed by atoms with Gasteiger partial charge in [0.05, 0.1) is 16.8 Å². The van der Waals surface area contributed by atoms with Gasteiger partial charge in [-0.25, -0.2) is 4.79 Å². The van der Waals surface area contributed by atoms with Crippen LogP contribution in [0.15, 0.2) is 65.7 Å². The summed E-state index contributed by atoms with van der Waals surface area (Å²) in [5, 5.41) is 0. The van der Waals surface area contributed by atoms with Crippen LogP contribution < -0.4 is 4.80 Å². The van der Waals surface area contributed by atoms with Gasteiger partial charge < -0.3 is 9.30 Å². The summed E-state index contributed by atoms with van der Waals surface area (Å²) in [6, 6.07) is 16.6. The summed E-state index contributed by atoms with van der Waals surface area (Å²) in [6.07, 6.45) is 3.15. The van der Waals surface area contributed by atoms with Crippen molar-refractivity contribution in [1.29, 1.82) is 0 Å². The van der Waals surface area contributed by atoms with E-state index in [1.54, 1.807) is 24.5 Å². The van der Waals surface area contributed by atoms with Crippen molar-refractivity contribution in [3.63, 3.8) is 0 Å². The Kier molecular flexibility index (Phi) is 5.98. The predicted octanol–water partition coefficient (Wildman–Crippen LogP) is 3.97. The Hall–Kier alpha value is -2.99. The first kappa shape index (κ1) is 18.8. The third kappa shape index (κ3) is 4.41. The van der Waals surface area contributed by atoms with E-state index in [1.807, 2.05) is 54.6 Å². The predicted molar refractivity (Wildman–Crippen MR) is 107 cm³/mol. The van der Waals surface area contributed by atoms with Gasteiger partial charge in [0.1, 0.15) is 6.04 Å².